The summed E-state index contributed by atoms with van der Waals surface area (Å²) in [5, 5.41) is 0. The highest BCUT2D eigenvalue weighted by molar-refractivity contribution is 5.69. The molecule has 0 bridgehead atoms. The standard InChI is InChI=1S/C20H38O2/c1-2-3-4-5-6-7-8-9-10-11-12-17-20(21)22-18-19-15-13-14-16-19/h19H,2-18H2,1H3. The van der Waals surface area contributed by atoms with E-state index >= 15 is 0 Å². The average molecular weight is 311 g/mol. The fraction of sp³-hybridized carbons (Fsp3) is 0.950. The number of hydrogen-bond donors (Lipinski definition) is 0. The first-order valence-electron chi connectivity index (χ1n) is 9.98. The van der Waals surface area contributed by atoms with Crippen molar-refractivity contribution in [3.05, 3.63) is 0 Å². The van der Waals surface area contributed by atoms with Crippen molar-refractivity contribution >= 4 is 5.97 Å². The van der Waals surface area contributed by atoms with Crippen molar-refractivity contribution in [3.8, 4) is 0 Å². The molecule has 2 heteroatoms. The van der Waals surface area contributed by atoms with Gasteiger partial charge in [0.1, 0.15) is 0 Å². The topological polar surface area (TPSA) is 26.3 Å². The number of esters is 1. The highest BCUT2D eigenvalue weighted by atomic mass is 16.5. The Hall–Kier alpha value is -0.530. The highest BCUT2D eigenvalue weighted by Gasteiger charge is 2.16. The van der Waals surface area contributed by atoms with Crippen LogP contribution in [-0.4, -0.2) is 12.6 Å². The Kier molecular flexibility index (Phi) is 12.5. The molecule has 2 nitrogen and oxygen atoms in total. The lowest BCUT2D eigenvalue weighted by molar-refractivity contribution is -0.145. The van der Waals surface area contributed by atoms with Gasteiger partial charge in [-0.1, -0.05) is 84.0 Å². The van der Waals surface area contributed by atoms with Crippen molar-refractivity contribution in [2.75, 3.05) is 6.61 Å². The van der Waals surface area contributed by atoms with Crippen LogP contribution in [0.5, 0.6) is 0 Å². The smallest absolute Gasteiger partial charge is 0.305 e. The normalized spacial score (nSPS) is 15.3. The molecule has 1 saturated carbocycles. The van der Waals surface area contributed by atoms with Gasteiger partial charge in [-0.05, 0) is 25.2 Å². The second-order valence-corrected chi connectivity index (χ2v) is 7.12. The molecule has 0 N–H and O–H groups in total. The number of unbranched alkanes of at least 4 members (excludes halogenated alkanes) is 10. The minimum atomic E-state index is 0.0304. The molecule has 22 heavy (non-hydrogen) atoms. The van der Waals surface area contributed by atoms with E-state index in [-0.39, 0.29) is 5.97 Å². The summed E-state index contributed by atoms with van der Waals surface area (Å²) in [6.45, 7) is 2.95. The Morgan fingerprint density at radius 3 is 1.86 bits per heavy atom. The van der Waals surface area contributed by atoms with Crippen molar-refractivity contribution in [1.29, 1.82) is 0 Å². The lowest BCUT2D eigenvalue weighted by Crippen LogP contribution is -2.11. The van der Waals surface area contributed by atoms with Gasteiger partial charge in [-0.15, -0.1) is 0 Å². The quantitative estimate of drug-likeness (QED) is 0.273. The Morgan fingerprint density at radius 2 is 1.32 bits per heavy atom. The number of carbonyl (C=O) groups excluding carboxylic acids is 1. The summed E-state index contributed by atoms with van der Waals surface area (Å²) in [6.07, 6.45) is 20.4. The monoisotopic (exact) mass is 310 g/mol. The highest BCUT2D eigenvalue weighted by Crippen LogP contribution is 2.24. The largest absolute Gasteiger partial charge is 0.465 e. The van der Waals surface area contributed by atoms with Gasteiger partial charge in [0.2, 0.25) is 0 Å². The van der Waals surface area contributed by atoms with Crippen LogP contribution in [0.25, 0.3) is 0 Å². The second-order valence-electron chi connectivity index (χ2n) is 7.12. The first-order chi connectivity index (χ1) is 10.8. The zero-order valence-corrected chi connectivity index (χ0v) is 14.9. The van der Waals surface area contributed by atoms with Crippen molar-refractivity contribution in [2.45, 2.75) is 110 Å². The van der Waals surface area contributed by atoms with E-state index in [1.54, 1.807) is 0 Å². The molecule has 0 aromatic heterocycles. The zero-order chi connectivity index (χ0) is 15.9. The predicted octanol–water partition coefficient (Wildman–Crippen LogP) is 6.42. The Bertz CT molecular complexity index is 256. The van der Waals surface area contributed by atoms with Gasteiger partial charge < -0.3 is 4.74 Å². The minimum absolute atomic E-state index is 0.0304. The maximum absolute atomic E-state index is 11.6. The lowest BCUT2D eigenvalue weighted by Gasteiger charge is -2.09. The Labute approximate surface area is 138 Å². The van der Waals surface area contributed by atoms with Gasteiger partial charge in [-0.2, -0.15) is 0 Å². The van der Waals surface area contributed by atoms with Crippen molar-refractivity contribution in [3.63, 3.8) is 0 Å². The van der Waals surface area contributed by atoms with Gasteiger partial charge in [0, 0.05) is 6.42 Å². The molecule has 0 amide bonds. The van der Waals surface area contributed by atoms with E-state index in [1.165, 1.54) is 89.9 Å². The molecule has 0 saturated heterocycles. The molecule has 1 fully saturated rings. The molecule has 0 unspecified atom stereocenters. The van der Waals surface area contributed by atoms with Gasteiger partial charge in [0.25, 0.3) is 0 Å². The molecule has 130 valence electrons. The van der Waals surface area contributed by atoms with E-state index < -0.39 is 0 Å². The number of carbonyl (C=O) groups is 1. The summed E-state index contributed by atoms with van der Waals surface area (Å²) in [5.41, 5.74) is 0. The molecule has 1 aliphatic rings. The number of ether oxygens (including phenoxy) is 1. The van der Waals surface area contributed by atoms with E-state index in [1.807, 2.05) is 0 Å². The Balaban J connectivity index is 1.76. The summed E-state index contributed by atoms with van der Waals surface area (Å²) in [6, 6.07) is 0. The molecular weight excluding hydrogens is 272 g/mol. The molecule has 1 rings (SSSR count). The Morgan fingerprint density at radius 1 is 0.818 bits per heavy atom. The van der Waals surface area contributed by atoms with Gasteiger partial charge >= 0.3 is 5.97 Å². The van der Waals surface area contributed by atoms with E-state index in [0.717, 1.165) is 6.42 Å². The number of hydrogen-bond acceptors (Lipinski definition) is 2. The van der Waals surface area contributed by atoms with Crippen LogP contribution in [0.1, 0.15) is 110 Å². The molecular formula is C20H38O2. The number of rotatable bonds is 14. The third-order valence-electron chi connectivity index (χ3n) is 4.94. The summed E-state index contributed by atoms with van der Waals surface area (Å²) >= 11 is 0. The predicted molar refractivity (Wildman–Crippen MR) is 94.0 cm³/mol. The van der Waals surface area contributed by atoms with Crippen LogP contribution in [0.15, 0.2) is 0 Å². The van der Waals surface area contributed by atoms with Gasteiger partial charge in [0.15, 0.2) is 0 Å². The van der Waals surface area contributed by atoms with Crippen LogP contribution in [-0.2, 0) is 9.53 Å². The molecule has 0 heterocycles. The summed E-state index contributed by atoms with van der Waals surface area (Å²) in [7, 11) is 0. The van der Waals surface area contributed by atoms with Crippen LogP contribution < -0.4 is 0 Å². The van der Waals surface area contributed by atoms with Gasteiger partial charge in [-0.3, -0.25) is 4.79 Å². The third-order valence-corrected chi connectivity index (χ3v) is 4.94. The molecule has 0 atom stereocenters. The van der Waals surface area contributed by atoms with E-state index in [9.17, 15) is 4.79 Å². The van der Waals surface area contributed by atoms with E-state index in [4.69, 9.17) is 4.74 Å². The maximum atomic E-state index is 11.6. The van der Waals surface area contributed by atoms with Crippen LogP contribution in [0.2, 0.25) is 0 Å². The third kappa shape index (κ3) is 11.1. The second kappa shape index (κ2) is 14.1. The summed E-state index contributed by atoms with van der Waals surface area (Å²) < 4.78 is 5.38. The van der Waals surface area contributed by atoms with Gasteiger partial charge in [0.05, 0.1) is 6.61 Å². The van der Waals surface area contributed by atoms with E-state index in [2.05, 4.69) is 6.92 Å². The van der Waals surface area contributed by atoms with Crippen LogP contribution in [0, 0.1) is 5.92 Å². The molecule has 0 aliphatic heterocycles. The zero-order valence-electron chi connectivity index (χ0n) is 14.9. The van der Waals surface area contributed by atoms with Crippen molar-refractivity contribution < 1.29 is 9.53 Å². The van der Waals surface area contributed by atoms with E-state index in [0.29, 0.717) is 18.9 Å². The van der Waals surface area contributed by atoms with Crippen LogP contribution >= 0.6 is 0 Å². The minimum Gasteiger partial charge on any atom is -0.465 e. The first kappa shape index (κ1) is 19.5. The fourth-order valence-corrected chi connectivity index (χ4v) is 3.39. The SMILES string of the molecule is CCCCCCCCCCCCCC(=O)OCC1CCCC1. The average Bonchev–Trinajstić information content (AvgIpc) is 3.04. The molecule has 0 aromatic rings. The van der Waals surface area contributed by atoms with Crippen LogP contribution in [0.3, 0.4) is 0 Å². The first-order valence-corrected chi connectivity index (χ1v) is 9.98. The summed E-state index contributed by atoms with van der Waals surface area (Å²) in [5.74, 6) is 0.684. The molecule has 0 aromatic carbocycles. The van der Waals surface area contributed by atoms with Crippen molar-refractivity contribution in [1.82, 2.24) is 0 Å². The van der Waals surface area contributed by atoms with Gasteiger partial charge in [-0.25, -0.2) is 0 Å². The maximum Gasteiger partial charge on any atom is 0.305 e. The fourth-order valence-electron chi connectivity index (χ4n) is 3.39. The summed E-state index contributed by atoms with van der Waals surface area (Å²) in [4.78, 5) is 11.6. The lowest BCUT2D eigenvalue weighted by atomic mass is 10.1. The molecule has 0 radical (unpaired) electrons. The van der Waals surface area contributed by atoms with Crippen molar-refractivity contribution in [2.24, 2.45) is 5.92 Å². The molecule has 1 aliphatic carbocycles. The molecule has 0 spiro atoms. The van der Waals surface area contributed by atoms with Crippen LogP contribution in [0.4, 0.5) is 0 Å².